The number of nitrogens with two attached hydrogens (primary N) is 2. The Hall–Kier alpha value is -2.83. The van der Waals surface area contributed by atoms with Gasteiger partial charge in [-0.15, -0.1) is 11.3 Å². The molecule has 26 heavy (non-hydrogen) atoms. The number of aromatic nitrogens is 1. The van der Waals surface area contributed by atoms with Crippen molar-refractivity contribution in [2.75, 3.05) is 5.73 Å². The quantitative estimate of drug-likeness (QED) is 0.312. The fraction of sp³-hybridized carbons (Fsp3) is 0. The van der Waals surface area contributed by atoms with Crippen molar-refractivity contribution < 1.29 is 4.98 Å². The van der Waals surface area contributed by atoms with Crippen molar-refractivity contribution in [2.45, 2.75) is 9.24 Å². The zero-order chi connectivity index (χ0) is 17.9. The van der Waals surface area contributed by atoms with E-state index in [4.69, 9.17) is 16.5 Å². The van der Waals surface area contributed by atoms with Crippen molar-refractivity contribution in [2.24, 2.45) is 10.7 Å². The van der Waals surface area contributed by atoms with Crippen molar-refractivity contribution in [3.63, 3.8) is 0 Å². The average Bonchev–Trinajstić information content (AvgIpc) is 3.15. The monoisotopic (exact) mass is 377 g/mol. The first-order valence-electron chi connectivity index (χ1n) is 8.06. The molecule has 0 fully saturated rings. The summed E-state index contributed by atoms with van der Waals surface area (Å²) in [6.07, 6.45) is 0. The van der Waals surface area contributed by atoms with Gasteiger partial charge in [-0.2, -0.15) is 4.98 Å². The number of rotatable bonds is 4. The predicted molar refractivity (Wildman–Crippen MR) is 110 cm³/mol. The number of fused-ring (bicyclic) bond motifs is 1. The first kappa shape index (κ1) is 16.6. The van der Waals surface area contributed by atoms with Crippen LogP contribution in [0.5, 0.6) is 0 Å². The first-order valence-corrected chi connectivity index (χ1v) is 9.76. The average molecular weight is 378 g/mol. The van der Waals surface area contributed by atoms with Crippen LogP contribution in [0.3, 0.4) is 0 Å². The van der Waals surface area contributed by atoms with Crippen LogP contribution < -0.4 is 16.5 Å². The van der Waals surface area contributed by atoms with Gasteiger partial charge in [-0.3, -0.25) is 0 Å². The minimum absolute atomic E-state index is 0.409. The highest BCUT2D eigenvalue weighted by Gasteiger charge is 2.14. The Labute approximate surface area is 159 Å². The van der Waals surface area contributed by atoms with E-state index < -0.39 is 0 Å². The summed E-state index contributed by atoms with van der Waals surface area (Å²) in [6, 6.07) is 21.7. The van der Waals surface area contributed by atoms with Gasteiger partial charge in [-0.25, -0.2) is 4.99 Å². The number of para-hydroxylation sites is 2. The number of benzene rings is 2. The zero-order valence-corrected chi connectivity index (χ0v) is 15.5. The Morgan fingerprint density at radius 2 is 1.81 bits per heavy atom. The van der Waals surface area contributed by atoms with Crippen molar-refractivity contribution in [1.82, 2.24) is 0 Å². The molecule has 0 saturated heterocycles. The molecule has 4 aromatic rings. The molecule has 4 nitrogen and oxygen atoms in total. The summed E-state index contributed by atoms with van der Waals surface area (Å²) < 4.78 is 1.21. The number of aromatic amines is 1. The van der Waals surface area contributed by atoms with E-state index in [0.717, 1.165) is 27.2 Å². The van der Waals surface area contributed by atoms with E-state index in [1.165, 1.54) is 4.21 Å². The van der Waals surface area contributed by atoms with E-state index in [2.05, 4.69) is 16.4 Å². The van der Waals surface area contributed by atoms with E-state index in [0.29, 0.717) is 11.5 Å². The number of H-pyrrole nitrogens is 1. The van der Waals surface area contributed by atoms with Gasteiger partial charge in [-0.05, 0) is 41.4 Å². The van der Waals surface area contributed by atoms with Gasteiger partial charge in [0.2, 0.25) is 10.5 Å². The maximum atomic E-state index is 6.26. The van der Waals surface area contributed by atoms with Crippen molar-refractivity contribution >= 4 is 51.2 Å². The second kappa shape index (κ2) is 7.19. The number of nitrogens with zero attached hydrogens (tertiary/aromatic N) is 1. The lowest BCUT2D eigenvalue weighted by Crippen LogP contribution is -2.15. The summed E-state index contributed by atoms with van der Waals surface area (Å²) in [4.78, 5) is 8.16. The summed E-state index contributed by atoms with van der Waals surface area (Å²) in [5.74, 6) is 0.409. The zero-order valence-electron chi connectivity index (χ0n) is 13.8. The number of anilines is 1. The molecule has 0 atom stereocenters. The Balaban J connectivity index is 1.82. The largest absolute Gasteiger partial charge is 0.398 e. The van der Waals surface area contributed by atoms with Crippen LogP contribution >= 0.6 is 23.1 Å². The second-order valence-electron chi connectivity index (χ2n) is 5.68. The Bertz CT molecular complexity index is 1090. The van der Waals surface area contributed by atoms with Crippen molar-refractivity contribution in [1.29, 1.82) is 0 Å². The molecule has 5 N–H and O–H groups in total. The highest BCUT2D eigenvalue weighted by Crippen LogP contribution is 2.33. The molecular formula is C20H17N4S2+. The van der Waals surface area contributed by atoms with Gasteiger partial charge in [0.05, 0.1) is 15.3 Å². The normalized spacial score (nSPS) is 11.8. The van der Waals surface area contributed by atoms with Crippen LogP contribution in [0, 0.1) is 0 Å². The van der Waals surface area contributed by atoms with Crippen molar-refractivity contribution in [3.8, 4) is 0 Å². The van der Waals surface area contributed by atoms with Crippen LogP contribution in [-0.2, 0) is 0 Å². The Morgan fingerprint density at radius 1 is 1.00 bits per heavy atom. The van der Waals surface area contributed by atoms with Crippen LogP contribution in [0.2, 0.25) is 0 Å². The van der Waals surface area contributed by atoms with E-state index in [1.54, 1.807) is 23.1 Å². The number of pyridine rings is 1. The SMILES string of the molecule is NC(=Nc1cc(Sc2cccs2)[nH+]c2ccccc12)c1ccccc1N. The molecule has 128 valence electrons. The summed E-state index contributed by atoms with van der Waals surface area (Å²) >= 11 is 3.39. The fourth-order valence-corrected chi connectivity index (χ4v) is 4.46. The second-order valence-corrected chi connectivity index (χ2v) is 7.97. The molecule has 0 unspecified atom stereocenters. The van der Waals surface area contributed by atoms with Crippen LogP contribution in [0.15, 0.2) is 86.3 Å². The minimum Gasteiger partial charge on any atom is -0.398 e. The molecule has 4 rings (SSSR count). The van der Waals surface area contributed by atoms with Crippen LogP contribution in [0.1, 0.15) is 5.56 Å². The molecule has 0 amide bonds. The van der Waals surface area contributed by atoms with E-state index >= 15 is 0 Å². The van der Waals surface area contributed by atoms with Gasteiger partial charge in [0.25, 0.3) is 0 Å². The lowest BCUT2D eigenvalue weighted by molar-refractivity contribution is -0.394. The molecule has 0 aliphatic heterocycles. The number of thiophene rings is 1. The molecule has 0 spiro atoms. The Morgan fingerprint density at radius 3 is 2.62 bits per heavy atom. The van der Waals surface area contributed by atoms with Gasteiger partial charge in [0.1, 0.15) is 5.84 Å². The van der Waals surface area contributed by atoms with Gasteiger partial charge in [-0.1, -0.05) is 30.3 Å². The number of aliphatic imine (C=N–C) groups is 1. The minimum atomic E-state index is 0.409. The molecule has 0 bridgehead atoms. The van der Waals surface area contributed by atoms with Crippen LogP contribution in [0.4, 0.5) is 11.4 Å². The number of hydrogen-bond donors (Lipinski definition) is 2. The summed E-state index contributed by atoms with van der Waals surface area (Å²) in [7, 11) is 0. The van der Waals surface area contributed by atoms with Crippen LogP contribution in [0.25, 0.3) is 10.9 Å². The van der Waals surface area contributed by atoms with Crippen molar-refractivity contribution in [3.05, 3.63) is 77.7 Å². The van der Waals surface area contributed by atoms with Gasteiger partial charge in [0.15, 0.2) is 0 Å². The molecule has 2 aromatic carbocycles. The smallest absolute Gasteiger partial charge is 0.246 e. The third-order valence-corrected chi connectivity index (χ3v) is 5.89. The summed E-state index contributed by atoms with van der Waals surface area (Å²) in [5.41, 5.74) is 15.5. The molecule has 0 saturated carbocycles. The van der Waals surface area contributed by atoms with E-state index in [1.807, 2.05) is 60.7 Å². The fourth-order valence-electron chi connectivity index (χ4n) is 2.68. The molecule has 6 heteroatoms. The third-order valence-electron chi connectivity index (χ3n) is 3.91. The van der Waals surface area contributed by atoms with Gasteiger partial charge < -0.3 is 11.5 Å². The predicted octanol–water partition coefficient (Wildman–Crippen LogP) is 4.49. The molecule has 0 aliphatic rings. The maximum absolute atomic E-state index is 6.26. The highest BCUT2D eigenvalue weighted by atomic mass is 32.2. The third kappa shape index (κ3) is 3.42. The highest BCUT2D eigenvalue weighted by molar-refractivity contribution is 8.01. The number of nitrogens with one attached hydrogen (secondary N) is 1. The summed E-state index contributed by atoms with van der Waals surface area (Å²) in [5, 5.41) is 4.10. The number of amidine groups is 1. The van der Waals surface area contributed by atoms with Crippen LogP contribution in [-0.4, -0.2) is 5.84 Å². The molecule has 2 aromatic heterocycles. The Kier molecular flexibility index (Phi) is 4.60. The van der Waals surface area contributed by atoms with E-state index in [9.17, 15) is 0 Å². The lowest BCUT2D eigenvalue weighted by Gasteiger charge is -2.06. The maximum Gasteiger partial charge on any atom is 0.246 e. The summed E-state index contributed by atoms with van der Waals surface area (Å²) in [6.45, 7) is 0. The molecular weight excluding hydrogens is 360 g/mol. The molecule has 0 aliphatic carbocycles. The standard InChI is InChI=1S/C20H16N4S2/c21-15-8-3-1-6-13(15)20(22)24-17-12-18(26-19-10-5-11-25-19)23-16-9-4-2-7-14(16)17/h1-12H,21H2,(H2,22,23,24)/p+1. The number of nitrogen functional groups attached to an aromatic ring is 1. The first-order chi connectivity index (χ1) is 12.7. The van der Waals surface area contributed by atoms with Gasteiger partial charge >= 0.3 is 0 Å². The lowest BCUT2D eigenvalue weighted by atomic mass is 10.1. The topological polar surface area (TPSA) is 78.5 Å². The van der Waals surface area contributed by atoms with E-state index in [-0.39, 0.29) is 0 Å². The number of hydrogen-bond acceptors (Lipinski definition) is 4. The molecule has 2 heterocycles. The molecule has 0 radical (unpaired) electrons. The van der Waals surface area contributed by atoms with Gasteiger partial charge in [0, 0.05) is 23.4 Å².